The van der Waals surface area contributed by atoms with Crippen LogP contribution in [0.2, 0.25) is 0 Å². The third kappa shape index (κ3) is 6.53. The summed E-state index contributed by atoms with van der Waals surface area (Å²) in [4.78, 5) is 25.8. The molecule has 9 heteroatoms. The van der Waals surface area contributed by atoms with Gasteiger partial charge in [-0.1, -0.05) is 17.9 Å². The second-order valence-corrected chi connectivity index (χ2v) is 12.3. The van der Waals surface area contributed by atoms with Crippen LogP contribution in [0.5, 0.6) is 0 Å². The first-order valence-corrected chi connectivity index (χ1v) is 16.2. The van der Waals surface area contributed by atoms with E-state index in [1.54, 1.807) is 17.0 Å². The van der Waals surface area contributed by atoms with Gasteiger partial charge in [0.15, 0.2) is 0 Å². The SMILES string of the molecule is CN(c1ccc(Nc2ncc3cc(C#CC4=CCCC4)c(=O)n(Cc4ccoc4C4CCOCC4)c3n2)cc1)C1CCCNC1. The van der Waals surface area contributed by atoms with E-state index >= 15 is 0 Å². The predicted molar refractivity (Wildman–Crippen MR) is 177 cm³/mol. The molecule has 0 saturated carbocycles. The Morgan fingerprint density at radius 3 is 2.76 bits per heavy atom. The van der Waals surface area contributed by atoms with E-state index in [1.165, 1.54) is 18.5 Å². The second-order valence-electron chi connectivity index (χ2n) is 12.3. The molecule has 5 heterocycles. The van der Waals surface area contributed by atoms with E-state index < -0.39 is 0 Å². The molecule has 2 fully saturated rings. The zero-order valence-corrected chi connectivity index (χ0v) is 25.8. The molecule has 4 aromatic rings. The number of pyridine rings is 1. The van der Waals surface area contributed by atoms with Crippen LogP contribution in [0.4, 0.5) is 17.3 Å². The number of likely N-dealkylation sites (N-methyl/N-ethyl adjacent to an activating group) is 1. The molecule has 45 heavy (non-hydrogen) atoms. The van der Waals surface area contributed by atoms with Gasteiger partial charge < -0.3 is 24.7 Å². The summed E-state index contributed by atoms with van der Waals surface area (Å²) in [7, 11) is 2.16. The molecule has 1 aliphatic carbocycles. The first kappa shape index (κ1) is 29.3. The van der Waals surface area contributed by atoms with E-state index in [1.807, 2.05) is 24.3 Å². The quantitative estimate of drug-likeness (QED) is 0.259. The molecule has 1 atom stereocenters. The highest BCUT2D eigenvalue weighted by Crippen LogP contribution is 2.31. The number of fused-ring (bicyclic) bond motifs is 1. The number of benzene rings is 1. The van der Waals surface area contributed by atoms with E-state index in [2.05, 4.69) is 57.6 Å². The maximum absolute atomic E-state index is 14.0. The van der Waals surface area contributed by atoms with Gasteiger partial charge in [0.1, 0.15) is 11.4 Å². The van der Waals surface area contributed by atoms with Crippen LogP contribution in [0.15, 0.2) is 69.7 Å². The minimum Gasteiger partial charge on any atom is -0.469 e. The number of aromatic nitrogens is 3. The summed E-state index contributed by atoms with van der Waals surface area (Å²) in [6, 6.07) is 12.6. The number of ether oxygens (including phenoxy) is 1. The highest BCUT2D eigenvalue weighted by atomic mass is 16.5. The standard InChI is InChI=1S/C36H40N6O3/c1-41(32-7-4-17-37-23-32)31-12-10-30(11-13-31)39-36-38-22-29-21-27(9-8-25-5-2-3-6-25)35(43)42(34(29)40-36)24-28-16-20-45-33(28)26-14-18-44-19-15-26/h5,10-13,16,20-22,26,32,37H,2-4,6-7,14-15,17-19,23-24H2,1H3,(H,38,39,40). The van der Waals surface area contributed by atoms with Gasteiger partial charge in [-0.15, -0.1) is 0 Å². The molecule has 3 aliphatic rings. The first-order valence-electron chi connectivity index (χ1n) is 16.2. The topological polar surface area (TPSA) is 97.5 Å². The molecular weight excluding hydrogens is 564 g/mol. The summed E-state index contributed by atoms with van der Waals surface area (Å²) in [6.45, 7) is 3.87. The average molecular weight is 605 g/mol. The van der Waals surface area contributed by atoms with Crippen LogP contribution >= 0.6 is 0 Å². The van der Waals surface area contributed by atoms with Gasteiger partial charge in [-0.25, -0.2) is 4.98 Å². The Bertz CT molecular complexity index is 1800. The van der Waals surface area contributed by atoms with Crippen molar-refractivity contribution < 1.29 is 9.15 Å². The summed E-state index contributed by atoms with van der Waals surface area (Å²) in [5.41, 5.74) is 4.97. The predicted octanol–water partition coefficient (Wildman–Crippen LogP) is 5.72. The van der Waals surface area contributed by atoms with Crippen LogP contribution < -0.4 is 21.1 Å². The Balaban J connectivity index is 1.20. The Morgan fingerprint density at radius 2 is 1.98 bits per heavy atom. The monoisotopic (exact) mass is 604 g/mol. The molecule has 0 amide bonds. The number of hydrogen-bond donors (Lipinski definition) is 2. The molecular formula is C36H40N6O3. The molecule has 1 unspecified atom stereocenters. The third-order valence-corrected chi connectivity index (χ3v) is 9.28. The smallest absolute Gasteiger partial charge is 0.268 e. The van der Waals surface area contributed by atoms with Gasteiger partial charge in [0.05, 0.1) is 18.4 Å². The van der Waals surface area contributed by atoms with Crippen molar-refractivity contribution in [1.82, 2.24) is 19.9 Å². The van der Waals surface area contributed by atoms with Crippen LogP contribution in [0.3, 0.4) is 0 Å². The number of anilines is 3. The molecule has 1 aromatic carbocycles. The molecule has 0 bridgehead atoms. The zero-order valence-electron chi connectivity index (χ0n) is 25.8. The summed E-state index contributed by atoms with van der Waals surface area (Å²) >= 11 is 0. The summed E-state index contributed by atoms with van der Waals surface area (Å²) in [5, 5.41) is 7.61. The molecule has 0 spiro atoms. The fourth-order valence-corrected chi connectivity index (χ4v) is 6.64. The van der Waals surface area contributed by atoms with Crippen molar-refractivity contribution in [3.05, 3.63) is 87.7 Å². The molecule has 2 N–H and O–H groups in total. The fourth-order valence-electron chi connectivity index (χ4n) is 6.64. The molecule has 0 radical (unpaired) electrons. The molecule has 3 aromatic heterocycles. The van der Waals surface area contributed by atoms with Gasteiger partial charge in [0.25, 0.3) is 5.56 Å². The van der Waals surface area contributed by atoms with Gasteiger partial charge in [-0.05, 0) is 93.5 Å². The number of rotatable bonds is 7. The molecule has 9 nitrogen and oxygen atoms in total. The average Bonchev–Trinajstić information content (AvgIpc) is 3.79. The molecule has 232 valence electrons. The number of hydrogen-bond acceptors (Lipinski definition) is 8. The van der Waals surface area contributed by atoms with Crippen LogP contribution in [0.25, 0.3) is 11.0 Å². The lowest BCUT2D eigenvalue weighted by Crippen LogP contribution is -2.44. The molecule has 2 saturated heterocycles. The van der Waals surface area contributed by atoms with E-state index in [9.17, 15) is 4.79 Å². The lowest BCUT2D eigenvalue weighted by atomic mass is 9.95. The summed E-state index contributed by atoms with van der Waals surface area (Å²) in [6.07, 6.45) is 13.0. The van der Waals surface area contributed by atoms with Crippen LogP contribution in [-0.2, 0) is 11.3 Å². The second kappa shape index (κ2) is 13.3. The van der Waals surface area contributed by atoms with Crippen molar-refractivity contribution in [3.8, 4) is 11.8 Å². The number of allylic oxidation sites excluding steroid dienone is 2. The fraction of sp³-hybridized carbons (Fsp3) is 0.417. The maximum atomic E-state index is 14.0. The number of nitrogens with zero attached hydrogens (tertiary/aromatic N) is 4. The highest BCUT2D eigenvalue weighted by molar-refractivity contribution is 5.78. The normalized spacial score (nSPS) is 18.8. The largest absolute Gasteiger partial charge is 0.469 e. The lowest BCUT2D eigenvalue weighted by molar-refractivity contribution is 0.0804. The van der Waals surface area contributed by atoms with Crippen molar-refractivity contribution in [2.75, 3.05) is 43.6 Å². The zero-order chi connectivity index (χ0) is 30.6. The molecule has 2 aliphatic heterocycles. The van der Waals surface area contributed by atoms with Gasteiger partial charge in [-0.2, -0.15) is 4.98 Å². The number of furan rings is 1. The Morgan fingerprint density at radius 1 is 1.11 bits per heavy atom. The highest BCUT2D eigenvalue weighted by Gasteiger charge is 2.23. The van der Waals surface area contributed by atoms with Crippen molar-refractivity contribution in [2.45, 2.75) is 63.5 Å². The lowest BCUT2D eigenvalue weighted by Gasteiger charge is -2.33. The van der Waals surface area contributed by atoms with Crippen molar-refractivity contribution in [2.24, 2.45) is 0 Å². The van der Waals surface area contributed by atoms with Gasteiger partial charge in [0.2, 0.25) is 5.95 Å². The maximum Gasteiger partial charge on any atom is 0.268 e. The minimum absolute atomic E-state index is 0.165. The van der Waals surface area contributed by atoms with E-state index in [4.69, 9.17) is 14.1 Å². The molecule has 7 rings (SSSR count). The number of piperidine rings is 1. The Hall–Kier alpha value is -4.39. The van der Waals surface area contributed by atoms with Crippen molar-refractivity contribution >= 4 is 28.4 Å². The summed E-state index contributed by atoms with van der Waals surface area (Å²) in [5.74, 6) is 8.03. The van der Waals surface area contributed by atoms with Crippen molar-refractivity contribution in [1.29, 1.82) is 0 Å². The minimum atomic E-state index is -0.165. The van der Waals surface area contributed by atoms with Crippen LogP contribution in [-0.4, -0.2) is 53.9 Å². The van der Waals surface area contributed by atoms with Gasteiger partial charge in [0, 0.05) is 67.3 Å². The van der Waals surface area contributed by atoms with Gasteiger partial charge >= 0.3 is 0 Å². The third-order valence-electron chi connectivity index (χ3n) is 9.28. The van der Waals surface area contributed by atoms with E-state index in [-0.39, 0.29) is 11.5 Å². The Labute approximate surface area is 263 Å². The van der Waals surface area contributed by atoms with Crippen LogP contribution in [0, 0.1) is 11.8 Å². The number of nitrogens with one attached hydrogen (secondary N) is 2. The van der Waals surface area contributed by atoms with Crippen molar-refractivity contribution in [3.63, 3.8) is 0 Å². The first-order chi connectivity index (χ1) is 22.1. The van der Waals surface area contributed by atoms with E-state index in [0.29, 0.717) is 43.0 Å². The van der Waals surface area contributed by atoms with Crippen LogP contribution in [0.1, 0.15) is 67.8 Å². The van der Waals surface area contributed by atoms with E-state index in [0.717, 1.165) is 73.2 Å². The summed E-state index contributed by atoms with van der Waals surface area (Å²) < 4.78 is 13.3. The van der Waals surface area contributed by atoms with Gasteiger partial charge in [-0.3, -0.25) is 9.36 Å². The Kier molecular flexibility index (Phi) is 8.67.